The molecule has 0 spiro atoms. The van der Waals surface area contributed by atoms with Crippen LogP contribution in [-0.4, -0.2) is 30.5 Å². The lowest BCUT2D eigenvalue weighted by Gasteiger charge is -2.21. The molecule has 0 radical (unpaired) electrons. The van der Waals surface area contributed by atoms with Crippen molar-refractivity contribution in [1.29, 1.82) is 0 Å². The summed E-state index contributed by atoms with van der Waals surface area (Å²) in [6.45, 7) is 3.73. The van der Waals surface area contributed by atoms with E-state index in [0.29, 0.717) is 5.75 Å². The zero-order valence-corrected chi connectivity index (χ0v) is 14.5. The van der Waals surface area contributed by atoms with Crippen molar-refractivity contribution < 1.29 is 13.2 Å². The van der Waals surface area contributed by atoms with Gasteiger partial charge in [-0.05, 0) is 26.0 Å². The Morgan fingerprint density at radius 2 is 2.00 bits per heavy atom. The van der Waals surface area contributed by atoms with E-state index in [2.05, 4.69) is 9.98 Å². The van der Waals surface area contributed by atoms with Gasteiger partial charge in [0.2, 0.25) is 0 Å². The number of hydrogen-bond donors (Lipinski definition) is 0. The molecule has 3 heterocycles. The van der Waals surface area contributed by atoms with Crippen LogP contribution in [0.4, 0.5) is 13.2 Å². The van der Waals surface area contributed by atoms with Gasteiger partial charge < -0.3 is 0 Å². The van der Waals surface area contributed by atoms with E-state index >= 15 is 0 Å². The second kappa shape index (κ2) is 5.72. The lowest BCUT2D eigenvalue weighted by atomic mass is 10.1. The zero-order valence-electron chi connectivity index (χ0n) is 13.7. The predicted octanol–water partition coefficient (Wildman–Crippen LogP) is 2.04. The van der Waals surface area contributed by atoms with E-state index in [-0.39, 0.29) is 17.6 Å². The third-order valence-corrected chi connectivity index (χ3v) is 5.27. The van der Waals surface area contributed by atoms with E-state index in [0.717, 1.165) is 26.3 Å². The van der Waals surface area contributed by atoms with Crippen LogP contribution in [0.1, 0.15) is 19.5 Å². The maximum absolute atomic E-state index is 12.8. The molecule has 0 bridgehead atoms. The molecule has 0 N–H and O–H groups in total. The Hall–Kier alpha value is -2.10. The van der Waals surface area contributed by atoms with Gasteiger partial charge in [-0.1, -0.05) is 0 Å². The first-order valence-electron chi connectivity index (χ1n) is 7.39. The zero-order chi connectivity index (χ0) is 18.6. The highest BCUT2D eigenvalue weighted by Gasteiger charge is 2.34. The maximum Gasteiger partial charge on any atom is 0.433 e. The SMILES string of the molecule is CC1=NC(C)(Cn2c(=O)c3ccc(C(F)(F)F)nc3n(C)c2=O)CS1. The standard InChI is InChI=1S/C15H15F3N4O2S/c1-8-20-14(2,7-25-8)6-22-12(23)9-4-5-10(15(16,17)18)19-11(9)21(3)13(22)24/h4-5H,6-7H2,1-3H3. The number of hydrogen-bond acceptors (Lipinski definition) is 5. The number of aromatic nitrogens is 3. The number of rotatable bonds is 2. The Morgan fingerprint density at radius 3 is 2.56 bits per heavy atom. The summed E-state index contributed by atoms with van der Waals surface area (Å²) < 4.78 is 40.5. The Bertz CT molecular complexity index is 1010. The van der Waals surface area contributed by atoms with Gasteiger partial charge in [0, 0.05) is 12.8 Å². The molecule has 10 heteroatoms. The summed E-state index contributed by atoms with van der Waals surface area (Å²) >= 11 is 1.54. The van der Waals surface area contributed by atoms with Crippen molar-refractivity contribution in [2.45, 2.75) is 32.1 Å². The molecule has 0 amide bonds. The van der Waals surface area contributed by atoms with Crippen molar-refractivity contribution in [3.8, 4) is 0 Å². The van der Waals surface area contributed by atoms with Crippen molar-refractivity contribution >= 4 is 27.8 Å². The van der Waals surface area contributed by atoms with E-state index < -0.39 is 28.7 Å². The number of fused-ring (bicyclic) bond motifs is 1. The van der Waals surface area contributed by atoms with Crippen molar-refractivity contribution in [2.24, 2.45) is 12.0 Å². The van der Waals surface area contributed by atoms with Crippen LogP contribution in [0.5, 0.6) is 0 Å². The van der Waals surface area contributed by atoms with Gasteiger partial charge in [-0.25, -0.2) is 9.78 Å². The molecule has 2 aromatic heterocycles. The minimum atomic E-state index is -4.65. The molecule has 1 atom stereocenters. The van der Waals surface area contributed by atoms with Crippen LogP contribution in [0.25, 0.3) is 11.0 Å². The average molecular weight is 372 g/mol. The van der Waals surface area contributed by atoms with Gasteiger partial charge in [-0.15, -0.1) is 11.8 Å². The number of nitrogens with zero attached hydrogens (tertiary/aromatic N) is 4. The molecule has 0 aliphatic carbocycles. The number of thioether (sulfide) groups is 1. The Kier molecular flexibility index (Phi) is 4.05. The molecular weight excluding hydrogens is 357 g/mol. The summed E-state index contributed by atoms with van der Waals surface area (Å²) in [4.78, 5) is 33.1. The van der Waals surface area contributed by atoms with Crippen LogP contribution in [0.2, 0.25) is 0 Å². The quantitative estimate of drug-likeness (QED) is 0.809. The summed E-state index contributed by atoms with van der Waals surface area (Å²) in [5.74, 6) is 0.623. The Morgan fingerprint density at radius 1 is 1.32 bits per heavy atom. The van der Waals surface area contributed by atoms with Crippen molar-refractivity contribution in [3.05, 3.63) is 38.7 Å². The minimum Gasteiger partial charge on any atom is -0.280 e. The third-order valence-electron chi connectivity index (χ3n) is 3.99. The van der Waals surface area contributed by atoms with Gasteiger partial charge in [0.05, 0.1) is 22.5 Å². The number of pyridine rings is 1. The molecular formula is C15H15F3N4O2S. The van der Waals surface area contributed by atoms with Crippen molar-refractivity contribution in [1.82, 2.24) is 14.1 Å². The summed E-state index contributed by atoms with van der Waals surface area (Å²) in [6, 6.07) is 1.80. The Balaban J connectivity index is 2.20. The molecule has 2 aromatic rings. The largest absolute Gasteiger partial charge is 0.433 e. The summed E-state index contributed by atoms with van der Waals surface area (Å²) in [5.41, 5.74) is -3.42. The van der Waals surface area contributed by atoms with E-state index in [1.807, 2.05) is 13.8 Å². The highest BCUT2D eigenvalue weighted by molar-refractivity contribution is 8.14. The minimum absolute atomic E-state index is 0.0370. The second-order valence-electron chi connectivity index (χ2n) is 6.21. The molecule has 1 aliphatic rings. The topological polar surface area (TPSA) is 69.2 Å². The smallest absolute Gasteiger partial charge is 0.280 e. The fraction of sp³-hybridized carbons (Fsp3) is 0.467. The molecule has 0 saturated carbocycles. The van der Waals surface area contributed by atoms with Crippen LogP contribution in [0.15, 0.2) is 26.7 Å². The van der Waals surface area contributed by atoms with Crippen LogP contribution in [0, 0.1) is 0 Å². The van der Waals surface area contributed by atoms with Crippen LogP contribution in [0.3, 0.4) is 0 Å². The monoisotopic (exact) mass is 372 g/mol. The van der Waals surface area contributed by atoms with Gasteiger partial charge in [-0.2, -0.15) is 13.2 Å². The second-order valence-corrected chi connectivity index (χ2v) is 7.38. The number of halogens is 3. The molecule has 1 aliphatic heterocycles. The van der Waals surface area contributed by atoms with Gasteiger partial charge in [0.1, 0.15) is 11.3 Å². The van der Waals surface area contributed by atoms with E-state index in [1.165, 1.54) is 18.8 Å². The van der Waals surface area contributed by atoms with Gasteiger partial charge >= 0.3 is 11.9 Å². The number of alkyl halides is 3. The molecule has 25 heavy (non-hydrogen) atoms. The van der Waals surface area contributed by atoms with Gasteiger partial charge in [-0.3, -0.25) is 18.9 Å². The fourth-order valence-electron chi connectivity index (χ4n) is 2.80. The summed E-state index contributed by atoms with van der Waals surface area (Å²) in [7, 11) is 1.30. The lowest BCUT2D eigenvalue weighted by Crippen LogP contribution is -2.45. The molecule has 3 rings (SSSR count). The van der Waals surface area contributed by atoms with E-state index in [9.17, 15) is 22.8 Å². The highest BCUT2D eigenvalue weighted by atomic mass is 32.2. The number of aryl methyl sites for hydroxylation is 1. The number of aliphatic imine (C=N–C) groups is 1. The molecule has 0 fully saturated rings. The van der Waals surface area contributed by atoms with Crippen LogP contribution >= 0.6 is 11.8 Å². The third kappa shape index (κ3) is 3.10. The van der Waals surface area contributed by atoms with Gasteiger partial charge in [0.25, 0.3) is 5.56 Å². The molecule has 0 aromatic carbocycles. The fourth-order valence-corrected chi connectivity index (χ4v) is 3.76. The first-order valence-corrected chi connectivity index (χ1v) is 8.37. The molecule has 1 unspecified atom stereocenters. The van der Waals surface area contributed by atoms with Crippen LogP contribution < -0.4 is 11.2 Å². The predicted molar refractivity (Wildman–Crippen MR) is 90.2 cm³/mol. The van der Waals surface area contributed by atoms with E-state index in [1.54, 1.807) is 0 Å². The maximum atomic E-state index is 12.8. The van der Waals surface area contributed by atoms with Crippen LogP contribution in [-0.2, 0) is 19.8 Å². The van der Waals surface area contributed by atoms with Gasteiger partial charge in [0.15, 0.2) is 0 Å². The summed E-state index contributed by atoms with van der Waals surface area (Å²) in [6.07, 6.45) is -4.65. The summed E-state index contributed by atoms with van der Waals surface area (Å²) in [5, 5.41) is 0.828. The first-order chi connectivity index (χ1) is 11.5. The van der Waals surface area contributed by atoms with E-state index in [4.69, 9.17) is 0 Å². The molecule has 6 nitrogen and oxygen atoms in total. The first kappa shape index (κ1) is 17.7. The average Bonchev–Trinajstić information content (AvgIpc) is 2.87. The molecule has 0 saturated heterocycles. The normalized spacial score (nSPS) is 21.0. The van der Waals surface area contributed by atoms with Crippen molar-refractivity contribution in [2.75, 3.05) is 5.75 Å². The molecule has 134 valence electrons. The lowest BCUT2D eigenvalue weighted by molar-refractivity contribution is -0.141. The van der Waals surface area contributed by atoms with Crippen molar-refractivity contribution in [3.63, 3.8) is 0 Å². The highest BCUT2D eigenvalue weighted by Crippen LogP contribution is 2.29. The Labute approximate surface area is 144 Å².